The molecule has 0 bridgehead atoms. The molecule has 138 valence electrons. The number of carbonyl (C=O) groups excluding carboxylic acids is 3. The van der Waals surface area contributed by atoms with Crippen LogP contribution in [0.1, 0.15) is 4.88 Å². The van der Waals surface area contributed by atoms with Gasteiger partial charge >= 0.3 is 11.9 Å². The number of ether oxygens (including phenoxy) is 1. The molecule has 2 unspecified atom stereocenters. The van der Waals surface area contributed by atoms with Gasteiger partial charge in [-0.2, -0.15) is 0 Å². The molecule has 3 heterocycles. The Morgan fingerprint density at radius 3 is 2.77 bits per heavy atom. The highest BCUT2D eigenvalue weighted by molar-refractivity contribution is 7.86. The molecule has 2 amide bonds. The summed E-state index contributed by atoms with van der Waals surface area (Å²) in [6.45, 7) is 0. The quantitative estimate of drug-likeness (QED) is 0.491. The minimum Gasteiger partial charge on any atom is -0.477 e. The van der Waals surface area contributed by atoms with Crippen molar-refractivity contribution in [1.29, 1.82) is 0 Å². The zero-order chi connectivity index (χ0) is 19.0. The predicted molar refractivity (Wildman–Crippen MR) is 90.3 cm³/mol. The second-order valence-electron chi connectivity index (χ2n) is 5.55. The lowest BCUT2D eigenvalue weighted by Gasteiger charge is -2.48. The van der Waals surface area contributed by atoms with Crippen LogP contribution in [0.25, 0.3) is 0 Å². The number of methoxy groups -OCH3 is 1. The van der Waals surface area contributed by atoms with Crippen molar-refractivity contribution in [3.63, 3.8) is 0 Å². The molecule has 0 radical (unpaired) electrons. The Labute approximate surface area is 154 Å². The zero-order valence-electron chi connectivity index (χ0n) is 13.5. The third-order valence-electron chi connectivity index (χ3n) is 3.99. The van der Waals surface area contributed by atoms with E-state index in [1.165, 1.54) is 11.3 Å². The second kappa shape index (κ2) is 7.00. The number of hydrogen-bond donors (Lipinski definition) is 2. The lowest BCUT2D eigenvalue weighted by molar-refractivity contribution is -0.151. The van der Waals surface area contributed by atoms with E-state index in [-0.39, 0.29) is 17.7 Å². The maximum Gasteiger partial charge on any atom is 0.353 e. The SMILES string of the molecule is COC(=O)C1=C(C(=O)O)N2C(=O)C(NC(=O)Cc3cccs3)[C@@H]2S(=O)C1. The van der Waals surface area contributed by atoms with Gasteiger partial charge in [-0.15, -0.1) is 11.3 Å². The monoisotopic (exact) mass is 398 g/mol. The van der Waals surface area contributed by atoms with Crippen LogP contribution >= 0.6 is 11.3 Å². The van der Waals surface area contributed by atoms with Crippen LogP contribution in [0.5, 0.6) is 0 Å². The van der Waals surface area contributed by atoms with Gasteiger partial charge in [-0.25, -0.2) is 9.59 Å². The van der Waals surface area contributed by atoms with Gasteiger partial charge in [0, 0.05) is 4.88 Å². The summed E-state index contributed by atoms with van der Waals surface area (Å²) in [5, 5.41) is 12.7. The van der Waals surface area contributed by atoms with E-state index in [0.717, 1.165) is 16.9 Å². The van der Waals surface area contributed by atoms with Crippen molar-refractivity contribution in [3.05, 3.63) is 33.7 Å². The number of carboxylic acid groups (broad SMARTS) is 1. The molecule has 0 spiro atoms. The fraction of sp³-hybridized carbons (Fsp3) is 0.333. The molecule has 0 aromatic carbocycles. The number of carbonyl (C=O) groups is 4. The summed E-state index contributed by atoms with van der Waals surface area (Å²) in [6, 6.07) is 2.47. The van der Waals surface area contributed by atoms with E-state index < -0.39 is 51.7 Å². The van der Waals surface area contributed by atoms with Gasteiger partial charge in [0.15, 0.2) is 0 Å². The first-order valence-electron chi connectivity index (χ1n) is 7.42. The molecule has 0 aliphatic carbocycles. The van der Waals surface area contributed by atoms with E-state index in [0.29, 0.717) is 0 Å². The second-order valence-corrected chi connectivity index (χ2v) is 8.11. The van der Waals surface area contributed by atoms with E-state index in [4.69, 9.17) is 0 Å². The molecule has 1 fully saturated rings. The van der Waals surface area contributed by atoms with Gasteiger partial charge in [-0.3, -0.25) is 18.7 Å². The van der Waals surface area contributed by atoms with Crippen LogP contribution < -0.4 is 5.32 Å². The summed E-state index contributed by atoms with van der Waals surface area (Å²) in [6.07, 6.45) is 0.0653. The van der Waals surface area contributed by atoms with Crippen LogP contribution in [-0.2, 0) is 41.1 Å². The number of esters is 1. The number of rotatable bonds is 5. The van der Waals surface area contributed by atoms with Crippen molar-refractivity contribution in [2.24, 2.45) is 0 Å². The number of carboxylic acids is 1. The van der Waals surface area contributed by atoms with Crippen LogP contribution in [-0.4, -0.2) is 62.2 Å². The lowest BCUT2D eigenvalue weighted by Crippen LogP contribution is -2.73. The van der Waals surface area contributed by atoms with Crippen molar-refractivity contribution in [2.45, 2.75) is 17.8 Å². The summed E-state index contributed by atoms with van der Waals surface area (Å²) in [5.41, 5.74) is -0.874. The summed E-state index contributed by atoms with van der Waals surface area (Å²) in [4.78, 5) is 49.4. The molecule has 26 heavy (non-hydrogen) atoms. The Hall–Kier alpha value is -2.53. The molecule has 1 saturated heterocycles. The number of amides is 2. The largest absolute Gasteiger partial charge is 0.477 e. The number of β-lactam (4-membered cyclic amide) rings is 1. The van der Waals surface area contributed by atoms with E-state index in [2.05, 4.69) is 10.1 Å². The molecule has 2 aliphatic rings. The van der Waals surface area contributed by atoms with E-state index in [1.807, 2.05) is 5.38 Å². The van der Waals surface area contributed by atoms with Crippen LogP contribution in [0.4, 0.5) is 0 Å². The minimum atomic E-state index is -1.75. The average Bonchev–Trinajstić information content (AvgIpc) is 3.10. The third kappa shape index (κ3) is 3.03. The summed E-state index contributed by atoms with van der Waals surface area (Å²) >= 11 is 1.39. The van der Waals surface area contributed by atoms with Crippen LogP contribution in [0, 0.1) is 0 Å². The first kappa shape index (κ1) is 18.3. The van der Waals surface area contributed by atoms with Crippen molar-refractivity contribution in [1.82, 2.24) is 10.2 Å². The zero-order valence-corrected chi connectivity index (χ0v) is 15.1. The number of thiophene rings is 1. The highest BCUT2D eigenvalue weighted by Gasteiger charge is 2.58. The van der Waals surface area contributed by atoms with Gasteiger partial charge < -0.3 is 15.2 Å². The van der Waals surface area contributed by atoms with Gasteiger partial charge in [-0.1, -0.05) is 6.07 Å². The van der Waals surface area contributed by atoms with Gasteiger partial charge in [0.05, 0.1) is 35.7 Å². The molecule has 3 atom stereocenters. The van der Waals surface area contributed by atoms with Crippen molar-refractivity contribution in [3.8, 4) is 0 Å². The maximum absolute atomic E-state index is 12.4. The van der Waals surface area contributed by atoms with Crippen LogP contribution in [0.2, 0.25) is 0 Å². The Bertz CT molecular complexity index is 846. The number of nitrogens with zero attached hydrogens (tertiary/aromatic N) is 1. The van der Waals surface area contributed by atoms with Crippen molar-refractivity contribution in [2.75, 3.05) is 12.9 Å². The number of fused-ring (bicyclic) bond motifs is 1. The molecule has 0 saturated carbocycles. The smallest absolute Gasteiger partial charge is 0.353 e. The van der Waals surface area contributed by atoms with Crippen molar-refractivity contribution >= 4 is 45.9 Å². The van der Waals surface area contributed by atoms with Crippen LogP contribution in [0.15, 0.2) is 28.8 Å². The van der Waals surface area contributed by atoms with E-state index in [1.54, 1.807) is 12.1 Å². The minimum absolute atomic E-state index is 0.0653. The number of hydrogen-bond acceptors (Lipinski definition) is 7. The van der Waals surface area contributed by atoms with Gasteiger partial charge in [0.1, 0.15) is 17.1 Å². The van der Waals surface area contributed by atoms with E-state index in [9.17, 15) is 28.5 Å². The standard InChI is InChI=1S/C15H14N2O7S2/c1-24-15(22)8-6-26(23)13-10(12(19)17(13)11(8)14(20)21)16-9(18)5-7-3-2-4-25-7/h2-4,10,13H,5-6H2,1H3,(H,16,18)(H,20,21)/t10?,13-,26?/m0/s1. The highest BCUT2D eigenvalue weighted by atomic mass is 32.2. The predicted octanol–water partition coefficient (Wildman–Crippen LogP) is -0.782. The molecule has 1 aromatic heterocycles. The Kier molecular flexibility index (Phi) is 4.92. The fourth-order valence-corrected chi connectivity index (χ4v) is 5.20. The van der Waals surface area contributed by atoms with E-state index >= 15 is 0 Å². The van der Waals surface area contributed by atoms with Gasteiger partial charge in [-0.05, 0) is 11.4 Å². The normalized spacial score (nSPS) is 24.6. The molecular formula is C15H14N2O7S2. The molecule has 11 heteroatoms. The first-order chi connectivity index (χ1) is 12.3. The lowest BCUT2D eigenvalue weighted by atomic mass is 10.0. The van der Waals surface area contributed by atoms with Crippen LogP contribution in [0.3, 0.4) is 0 Å². The Morgan fingerprint density at radius 1 is 1.46 bits per heavy atom. The molecule has 1 aromatic rings. The number of aliphatic carboxylic acids is 1. The molecule has 3 rings (SSSR count). The van der Waals surface area contributed by atoms with Gasteiger partial charge in [0.2, 0.25) is 5.91 Å². The number of nitrogens with one attached hydrogen (secondary N) is 1. The fourth-order valence-electron chi connectivity index (χ4n) is 2.85. The van der Waals surface area contributed by atoms with Crippen molar-refractivity contribution < 1.29 is 33.2 Å². The Balaban J connectivity index is 1.81. The molecule has 2 N–H and O–H groups in total. The molecular weight excluding hydrogens is 384 g/mol. The van der Waals surface area contributed by atoms with Gasteiger partial charge in [0.25, 0.3) is 5.91 Å². The first-order valence-corrected chi connectivity index (χ1v) is 9.68. The highest BCUT2D eigenvalue weighted by Crippen LogP contribution is 2.35. The topological polar surface area (TPSA) is 130 Å². The summed E-state index contributed by atoms with van der Waals surface area (Å²) in [7, 11) is -0.688. The molecule has 9 nitrogen and oxygen atoms in total. The summed E-state index contributed by atoms with van der Waals surface area (Å²) < 4.78 is 17.0. The summed E-state index contributed by atoms with van der Waals surface area (Å²) in [5.74, 6) is -3.96. The maximum atomic E-state index is 12.4. The molecule has 2 aliphatic heterocycles. The Morgan fingerprint density at radius 2 is 2.19 bits per heavy atom. The average molecular weight is 398 g/mol. The third-order valence-corrected chi connectivity index (χ3v) is 6.46.